The standard InChI is InChI=1S/C22H22N4O2/c1-14-18(26-8-2-3-9-26)7-6-16-17(11-20(27)25-21(14)16)15-12-23-22(24-13-15)19-5-4-10-28-19/h4-7,10,12-13,17H,2-3,8-9,11H2,1H3,(H,25,27). The highest BCUT2D eigenvalue weighted by atomic mass is 16.3. The summed E-state index contributed by atoms with van der Waals surface area (Å²) in [7, 11) is 0. The lowest BCUT2D eigenvalue weighted by Gasteiger charge is -2.30. The lowest BCUT2D eigenvalue weighted by Crippen LogP contribution is -2.26. The minimum atomic E-state index is -0.0410. The van der Waals surface area contributed by atoms with Crippen LogP contribution in [0, 0.1) is 6.92 Å². The van der Waals surface area contributed by atoms with Crippen LogP contribution < -0.4 is 10.2 Å². The molecule has 1 amide bonds. The van der Waals surface area contributed by atoms with Gasteiger partial charge >= 0.3 is 0 Å². The maximum absolute atomic E-state index is 12.5. The molecule has 1 saturated heterocycles. The first-order chi connectivity index (χ1) is 13.7. The molecule has 2 aliphatic heterocycles. The zero-order valence-corrected chi connectivity index (χ0v) is 15.8. The van der Waals surface area contributed by atoms with Crippen LogP contribution in [0.3, 0.4) is 0 Å². The number of carbonyl (C=O) groups excluding carboxylic acids is 1. The number of fused-ring (bicyclic) bond motifs is 1. The lowest BCUT2D eigenvalue weighted by molar-refractivity contribution is -0.116. The molecule has 3 aromatic rings. The van der Waals surface area contributed by atoms with Crippen molar-refractivity contribution in [2.75, 3.05) is 23.3 Å². The Hall–Kier alpha value is -3.15. The Kier molecular flexibility index (Phi) is 4.11. The summed E-state index contributed by atoms with van der Waals surface area (Å²) in [5, 5.41) is 3.10. The molecule has 1 atom stereocenters. The van der Waals surface area contributed by atoms with Crippen LogP contribution in [0.25, 0.3) is 11.6 Å². The normalized spacial score (nSPS) is 18.8. The Morgan fingerprint density at radius 3 is 2.64 bits per heavy atom. The molecule has 1 aromatic carbocycles. The third-order valence-electron chi connectivity index (χ3n) is 5.76. The summed E-state index contributed by atoms with van der Waals surface area (Å²) in [6.45, 7) is 4.27. The molecule has 5 rings (SSSR count). The average molecular weight is 374 g/mol. The van der Waals surface area contributed by atoms with E-state index in [1.54, 1.807) is 6.26 Å². The molecule has 142 valence electrons. The molecular formula is C22H22N4O2. The molecule has 0 saturated carbocycles. The van der Waals surface area contributed by atoms with Crippen molar-refractivity contribution in [3.05, 3.63) is 59.6 Å². The Morgan fingerprint density at radius 1 is 1.14 bits per heavy atom. The summed E-state index contributed by atoms with van der Waals surface area (Å²) in [6, 6.07) is 8.00. The number of aromatic nitrogens is 2. The molecule has 4 heterocycles. The summed E-state index contributed by atoms with van der Waals surface area (Å²) in [5.41, 5.74) is 5.39. The van der Waals surface area contributed by atoms with E-state index >= 15 is 0 Å². The number of carbonyl (C=O) groups is 1. The highest BCUT2D eigenvalue weighted by Gasteiger charge is 2.30. The van der Waals surface area contributed by atoms with E-state index in [1.807, 2.05) is 24.5 Å². The Bertz CT molecular complexity index is 1010. The van der Waals surface area contributed by atoms with Gasteiger partial charge in [-0.15, -0.1) is 0 Å². The summed E-state index contributed by atoms with van der Waals surface area (Å²) in [5.74, 6) is 1.18. The van der Waals surface area contributed by atoms with Gasteiger partial charge in [-0.2, -0.15) is 0 Å². The maximum Gasteiger partial charge on any atom is 0.225 e. The summed E-state index contributed by atoms with van der Waals surface area (Å²) < 4.78 is 5.36. The number of furan rings is 1. The minimum Gasteiger partial charge on any atom is -0.461 e. The first kappa shape index (κ1) is 17.0. The minimum absolute atomic E-state index is 0.0364. The third kappa shape index (κ3) is 2.85. The Morgan fingerprint density at radius 2 is 1.93 bits per heavy atom. The van der Waals surface area contributed by atoms with Gasteiger partial charge in [0, 0.05) is 49.2 Å². The molecule has 2 aromatic heterocycles. The molecule has 6 nitrogen and oxygen atoms in total. The summed E-state index contributed by atoms with van der Waals surface area (Å²) >= 11 is 0. The van der Waals surface area contributed by atoms with Gasteiger partial charge in [-0.05, 0) is 54.7 Å². The van der Waals surface area contributed by atoms with Gasteiger partial charge in [-0.1, -0.05) is 6.07 Å². The van der Waals surface area contributed by atoms with Crippen LogP contribution in [0.2, 0.25) is 0 Å². The molecule has 0 bridgehead atoms. The van der Waals surface area contributed by atoms with Crippen LogP contribution in [0.5, 0.6) is 0 Å². The first-order valence-corrected chi connectivity index (χ1v) is 9.75. The molecule has 0 aliphatic carbocycles. The molecular weight excluding hydrogens is 352 g/mol. The fourth-order valence-electron chi connectivity index (χ4n) is 4.31. The number of nitrogens with one attached hydrogen (secondary N) is 1. The highest BCUT2D eigenvalue weighted by molar-refractivity contribution is 5.97. The predicted octanol–water partition coefficient (Wildman–Crippen LogP) is 4.12. The van der Waals surface area contributed by atoms with Gasteiger partial charge in [0.05, 0.1) is 6.26 Å². The van der Waals surface area contributed by atoms with Crippen LogP contribution >= 0.6 is 0 Å². The number of hydrogen-bond acceptors (Lipinski definition) is 5. The van der Waals surface area contributed by atoms with Gasteiger partial charge in [0.25, 0.3) is 0 Å². The lowest BCUT2D eigenvalue weighted by atomic mass is 9.84. The van der Waals surface area contributed by atoms with E-state index < -0.39 is 0 Å². The van der Waals surface area contributed by atoms with Gasteiger partial charge in [-0.3, -0.25) is 4.79 Å². The van der Waals surface area contributed by atoms with E-state index in [4.69, 9.17) is 4.42 Å². The van der Waals surface area contributed by atoms with Crippen molar-refractivity contribution < 1.29 is 9.21 Å². The van der Waals surface area contributed by atoms with Crippen LogP contribution in [-0.2, 0) is 4.79 Å². The van der Waals surface area contributed by atoms with Gasteiger partial charge in [-0.25, -0.2) is 9.97 Å². The van der Waals surface area contributed by atoms with E-state index in [0.29, 0.717) is 18.0 Å². The second-order valence-electron chi connectivity index (χ2n) is 7.49. The van der Waals surface area contributed by atoms with Crippen LogP contribution in [0.1, 0.15) is 41.9 Å². The van der Waals surface area contributed by atoms with Crippen LogP contribution in [-0.4, -0.2) is 29.0 Å². The molecule has 0 radical (unpaired) electrons. The number of anilines is 2. The second kappa shape index (κ2) is 6.78. The quantitative estimate of drug-likeness (QED) is 0.747. The molecule has 1 unspecified atom stereocenters. The smallest absolute Gasteiger partial charge is 0.225 e. The number of amides is 1. The zero-order chi connectivity index (χ0) is 19.1. The van der Waals surface area contributed by atoms with Crippen molar-refractivity contribution >= 4 is 17.3 Å². The van der Waals surface area contributed by atoms with Crippen molar-refractivity contribution in [1.29, 1.82) is 0 Å². The van der Waals surface area contributed by atoms with E-state index in [0.717, 1.165) is 35.5 Å². The van der Waals surface area contributed by atoms with Crippen molar-refractivity contribution in [2.24, 2.45) is 0 Å². The predicted molar refractivity (Wildman–Crippen MR) is 107 cm³/mol. The van der Waals surface area contributed by atoms with Gasteiger partial charge in [0.2, 0.25) is 5.91 Å². The maximum atomic E-state index is 12.5. The molecule has 1 N–H and O–H groups in total. The monoisotopic (exact) mass is 374 g/mol. The molecule has 6 heteroatoms. The summed E-state index contributed by atoms with van der Waals surface area (Å²) in [6.07, 6.45) is 8.08. The van der Waals surface area contributed by atoms with E-state index in [9.17, 15) is 4.79 Å². The summed E-state index contributed by atoms with van der Waals surface area (Å²) in [4.78, 5) is 23.8. The van der Waals surface area contributed by atoms with Gasteiger partial charge in [0.1, 0.15) is 0 Å². The number of benzene rings is 1. The number of hydrogen-bond donors (Lipinski definition) is 1. The van der Waals surface area contributed by atoms with Gasteiger partial charge in [0.15, 0.2) is 11.6 Å². The largest absolute Gasteiger partial charge is 0.461 e. The fourth-order valence-corrected chi connectivity index (χ4v) is 4.31. The number of rotatable bonds is 3. The molecule has 2 aliphatic rings. The third-order valence-corrected chi connectivity index (χ3v) is 5.76. The van der Waals surface area contributed by atoms with Crippen LogP contribution in [0.15, 0.2) is 47.3 Å². The zero-order valence-electron chi connectivity index (χ0n) is 15.8. The van der Waals surface area contributed by atoms with Crippen LogP contribution in [0.4, 0.5) is 11.4 Å². The highest BCUT2D eigenvalue weighted by Crippen LogP contribution is 2.42. The first-order valence-electron chi connectivity index (χ1n) is 9.75. The van der Waals surface area contributed by atoms with Gasteiger partial charge < -0.3 is 14.6 Å². The molecule has 28 heavy (non-hydrogen) atoms. The Balaban J connectivity index is 1.52. The van der Waals surface area contributed by atoms with E-state index in [2.05, 4.69) is 39.2 Å². The number of nitrogens with zero attached hydrogens (tertiary/aromatic N) is 3. The second-order valence-corrected chi connectivity index (χ2v) is 7.49. The topological polar surface area (TPSA) is 71.3 Å². The van der Waals surface area contributed by atoms with Crippen molar-refractivity contribution in [3.63, 3.8) is 0 Å². The van der Waals surface area contributed by atoms with Crippen molar-refractivity contribution in [2.45, 2.75) is 32.1 Å². The SMILES string of the molecule is Cc1c(N2CCCC2)ccc2c1NC(=O)CC2c1cnc(-c2ccco2)nc1. The molecule has 0 spiro atoms. The van der Waals surface area contributed by atoms with Crippen molar-refractivity contribution in [3.8, 4) is 11.6 Å². The average Bonchev–Trinajstić information content (AvgIpc) is 3.43. The van der Waals surface area contributed by atoms with E-state index in [-0.39, 0.29) is 11.8 Å². The molecule has 1 fully saturated rings. The Labute approximate surface area is 163 Å². The van der Waals surface area contributed by atoms with E-state index in [1.165, 1.54) is 18.5 Å². The fraction of sp³-hybridized carbons (Fsp3) is 0.318. The van der Waals surface area contributed by atoms with Crippen molar-refractivity contribution in [1.82, 2.24) is 9.97 Å².